The van der Waals surface area contributed by atoms with Crippen molar-refractivity contribution in [1.82, 2.24) is 14.9 Å². The van der Waals surface area contributed by atoms with Crippen molar-refractivity contribution in [2.45, 2.75) is 11.8 Å². The Hall–Kier alpha value is -3.51. The van der Waals surface area contributed by atoms with Crippen LogP contribution in [0.3, 0.4) is 0 Å². The van der Waals surface area contributed by atoms with E-state index in [2.05, 4.69) is 15.5 Å². The van der Waals surface area contributed by atoms with Gasteiger partial charge in [-0.25, -0.2) is 4.68 Å². The molecule has 3 N–H and O–H groups in total. The van der Waals surface area contributed by atoms with Gasteiger partial charge < -0.3 is 20.6 Å². The molecule has 0 atom stereocenters. The van der Waals surface area contributed by atoms with E-state index in [1.165, 1.54) is 30.0 Å². The molecule has 162 valence electrons. The number of hydrogen-bond acceptors (Lipinski definition) is 9. The molecule has 0 fully saturated rings. The number of methoxy groups -OCH3 is 1. The molecule has 0 unspecified atom stereocenters. The minimum atomic E-state index is -0.561. The molecule has 3 rings (SSSR count). The standard InChI is InChI=1S/C18H17ClN6O5S/c1-29-15-7-4-12(25(27)28)8-14(15)21-17(26)10-31-18-23-22-16(24(18)20)9-30-13-5-2-11(19)3-6-13/h2-8H,9-10,20H2,1H3,(H,21,26). The molecule has 2 aromatic carbocycles. The maximum absolute atomic E-state index is 12.3. The van der Waals surface area contributed by atoms with Crippen LogP contribution in [0, 0.1) is 10.1 Å². The summed E-state index contributed by atoms with van der Waals surface area (Å²) >= 11 is 6.88. The summed E-state index contributed by atoms with van der Waals surface area (Å²) in [5.74, 6) is 6.74. The Morgan fingerprint density at radius 1 is 1.29 bits per heavy atom. The van der Waals surface area contributed by atoms with Gasteiger partial charge in [0.2, 0.25) is 11.1 Å². The van der Waals surface area contributed by atoms with E-state index in [9.17, 15) is 14.9 Å². The number of halogens is 1. The summed E-state index contributed by atoms with van der Waals surface area (Å²) in [6, 6.07) is 10.7. The molecular formula is C18H17ClN6O5S. The van der Waals surface area contributed by atoms with E-state index >= 15 is 0 Å². The number of amides is 1. The highest BCUT2D eigenvalue weighted by Gasteiger charge is 2.16. The van der Waals surface area contributed by atoms with Crippen molar-refractivity contribution in [1.29, 1.82) is 0 Å². The number of ether oxygens (including phenoxy) is 2. The van der Waals surface area contributed by atoms with E-state index in [0.717, 1.165) is 11.8 Å². The lowest BCUT2D eigenvalue weighted by Crippen LogP contribution is -2.18. The smallest absolute Gasteiger partial charge is 0.271 e. The Kier molecular flexibility index (Phi) is 7.15. The normalized spacial score (nSPS) is 10.5. The highest BCUT2D eigenvalue weighted by atomic mass is 35.5. The van der Waals surface area contributed by atoms with Crippen LogP contribution < -0.4 is 20.6 Å². The van der Waals surface area contributed by atoms with Crippen LogP contribution in [0.5, 0.6) is 11.5 Å². The number of carbonyl (C=O) groups excluding carboxylic acids is 1. The fourth-order valence-corrected chi connectivity index (χ4v) is 3.21. The number of hydrogen-bond donors (Lipinski definition) is 2. The SMILES string of the molecule is COc1ccc([N+](=O)[O-])cc1NC(=O)CSc1nnc(COc2ccc(Cl)cc2)n1N. The number of non-ortho nitro benzene ring substituents is 1. The minimum absolute atomic E-state index is 0.0563. The van der Waals surface area contributed by atoms with Crippen molar-refractivity contribution in [2.75, 3.05) is 24.0 Å². The second kappa shape index (κ2) is 10.00. The van der Waals surface area contributed by atoms with Crippen molar-refractivity contribution in [3.8, 4) is 11.5 Å². The molecule has 0 radical (unpaired) electrons. The molecule has 0 aliphatic rings. The maximum atomic E-state index is 12.3. The third-order valence-electron chi connectivity index (χ3n) is 3.92. The van der Waals surface area contributed by atoms with Crippen molar-refractivity contribution in [3.63, 3.8) is 0 Å². The summed E-state index contributed by atoms with van der Waals surface area (Å²) in [5, 5.41) is 22.3. The van der Waals surface area contributed by atoms with E-state index in [0.29, 0.717) is 27.5 Å². The number of rotatable bonds is 9. The second-order valence-corrected chi connectivity index (χ2v) is 7.37. The predicted octanol–water partition coefficient (Wildman–Crippen LogP) is 2.87. The maximum Gasteiger partial charge on any atom is 0.271 e. The number of benzene rings is 2. The van der Waals surface area contributed by atoms with Crippen LogP contribution in [0.2, 0.25) is 5.02 Å². The fourth-order valence-electron chi connectivity index (χ4n) is 2.41. The van der Waals surface area contributed by atoms with E-state index in [1.54, 1.807) is 24.3 Å². The van der Waals surface area contributed by atoms with E-state index < -0.39 is 10.8 Å². The van der Waals surface area contributed by atoms with Crippen molar-refractivity contribution >= 4 is 40.6 Å². The molecule has 0 aliphatic carbocycles. The number of thioether (sulfide) groups is 1. The Balaban J connectivity index is 1.58. The van der Waals surface area contributed by atoms with Crippen molar-refractivity contribution in [3.05, 3.63) is 63.4 Å². The van der Waals surface area contributed by atoms with Crippen LogP contribution in [-0.2, 0) is 11.4 Å². The fraction of sp³-hybridized carbons (Fsp3) is 0.167. The van der Waals surface area contributed by atoms with Crippen LogP contribution in [0.4, 0.5) is 11.4 Å². The quantitative estimate of drug-likeness (QED) is 0.211. The largest absolute Gasteiger partial charge is 0.495 e. The topological polar surface area (TPSA) is 147 Å². The molecule has 1 amide bonds. The molecule has 13 heteroatoms. The molecule has 0 bridgehead atoms. The molecule has 0 saturated heterocycles. The van der Waals surface area contributed by atoms with Crippen LogP contribution in [0.15, 0.2) is 47.6 Å². The number of carbonyl (C=O) groups is 1. The molecule has 0 saturated carbocycles. The molecule has 1 heterocycles. The van der Waals surface area contributed by atoms with Crippen LogP contribution >= 0.6 is 23.4 Å². The number of nitrogens with two attached hydrogens (primary N) is 1. The van der Waals surface area contributed by atoms with Gasteiger partial charge in [-0.15, -0.1) is 10.2 Å². The molecule has 31 heavy (non-hydrogen) atoms. The summed E-state index contributed by atoms with van der Waals surface area (Å²) in [5.41, 5.74) is 0.0179. The van der Waals surface area contributed by atoms with Gasteiger partial charge in [0, 0.05) is 17.2 Å². The number of aromatic nitrogens is 3. The number of nitro groups is 1. The van der Waals surface area contributed by atoms with E-state index in [4.69, 9.17) is 26.9 Å². The highest BCUT2D eigenvalue weighted by Crippen LogP contribution is 2.29. The number of anilines is 1. The molecule has 3 aromatic rings. The lowest BCUT2D eigenvalue weighted by atomic mass is 10.2. The molecular weight excluding hydrogens is 448 g/mol. The average molecular weight is 465 g/mol. The summed E-state index contributed by atoms with van der Waals surface area (Å²) < 4.78 is 11.9. The highest BCUT2D eigenvalue weighted by molar-refractivity contribution is 7.99. The first-order valence-electron chi connectivity index (χ1n) is 8.70. The molecule has 0 aliphatic heterocycles. The number of nitrogens with zero attached hydrogens (tertiary/aromatic N) is 4. The number of nitrogen functional groups attached to an aromatic ring is 1. The number of nitro benzene ring substituents is 1. The van der Waals surface area contributed by atoms with Gasteiger partial charge in [0.15, 0.2) is 5.82 Å². The first kappa shape index (κ1) is 22.2. The Morgan fingerprint density at radius 3 is 2.71 bits per heavy atom. The lowest BCUT2D eigenvalue weighted by molar-refractivity contribution is -0.384. The lowest BCUT2D eigenvalue weighted by Gasteiger charge is -2.10. The van der Waals surface area contributed by atoms with Gasteiger partial charge in [-0.1, -0.05) is 23.4 Å². The zero-order valence-electron chi connectivity index (χ0n) is 16.1. The average Bonchev–Trinajstić information content (AvgIpc) is 3.11. The first-order chi connectivity index (χ1) is 14.9. The van der Waals surface area contributed by atoms with Gasteiger partial charge >= 0.3 is 0 Å². The third kappa shape index (κ3) is 5.77. The Bertz CT molecular complexity index is 1090. The summed E-state index contributed by atoms with van der Waals surface area (Å²) in [6.45, 7) is 0.0722. The second-order valence-electron chi connectivity index (χ2n) is 5.99. The van der Waals surface area contributed by atoms with Gasteiger partial charge in [-0.05, 0) is 30.3 Å². The first-order valence-corrected chi connectivity index (χ1v) is 10.1. The van der Waals surface area contributed by atoms with Crippen molar-refractivity contribution in [2.24, 2.45) is 0 Å². The zero-order chi connectivity index (χ0) is 22.4. The van der Waals surface area contributed by atoms with Gasteiger partial charge in [0.05, 0.1) is 23.5 Å². The molecule has 0 spiro atoms. The van der Waals surface area contributed by atoms with E-state index in [-0.39, 0.29) is 23.7 Å². The monoisotopic (exact) mass is 464 g/mol. The van der Waals surface area contributed by atoms with E-state index in [1.807, 2.05) is 0 Å². The van der Waals surface area contributed by atoms with Crippen LogP contribution in [-0.4, -0.2) is 38.6 Å². The Labute approximate surface area is 185 Å². The molecule has 11 nitrogen and oxygen atoms in total. The summed E-state index contributed by atoms with van der Waals surface area (Å²) in [7, 11) is 1.40. The minimum Gasteiger partial charge on any atom is -0.495 e. The third-order valence-corrected chi connectivity index (χ3v) is 5.11. The predicted molar refractivity (Wildman–Crippen MR) is 115 cm³/mol. The van der Waals surface area contributed by atoms with Crippen LogP contribution in [0.1, 0.15) is 5.82 Å². The van der Waals surface area contributed by atoms with Gasteiger partial charge in [0.1, 0.15) is 18.1 Å². The summed E-state index contributed by atoms with van der Waals surface area (Å²) in [4.78, 5) is 22.7. The zero-order valence-corrected chi connectivity index (χ0v) is 17.7. The summed E-state index contributed by atoms with van der Waals surface area (Å²) in [6.07, 6.45) is 0. The van der Waals surface area contributed by atoms with Crippen molar-refractivity contribution < 1.29 is 19.2 Å². The van der Waals surface area contributed by atoms with Gasteiger partial charge in [-0.2, -0.15) is 0 Å². The van der Waals surface area contributed by atoms with Gasteiger partial charge in [-0.3, -0.25) is 14.9 Å². The van der Waals surface area contributed by atoms with Gasteiger partial charge in [0.25, 0.3) is 5.69 Å². The Morgan fingerprint density at radius 2 is 2.03 bits per heavy atom. The van der Waals surface area contributed by atoms with Crippen LogP contribution in [0.25, 0.3) is 0 Å². The molecule has 1 aromatic heterocycles. The number of nitrogens with one attached hydrogen (secondary N) is 1.